The molecule has 0 heterocycles. The molecule has 0 aliphatic rings. The molecule has 1 N–H and O–H groups in total. The fourth-order valence-corrected chi connectivity index (χ4v) is 0. The molecule has 0 spiro atoms. The average molecular weight is 144 g/mol. The topological polar surface area (TPSA) is 20.2 Å². The van der Waals surface area contributed by atoms with Gasteiger partial charge in [0.25, 0.3) is 0 Å². The van der Waals surface area contributed by atoms with Crippen molar-refractivity contribution in [1.29, 1.82) is 0 Å². The SMILES string of the molecule is CC(O)S.[Zn]. The Labute approximate surface area is 49.9 Å². The van der Waals surface area contributed by atoms with Gasteiger partial charge in [0.15, 0.2) is 0 Å². The van der Waals surface area contributed by atoms with Crippen molar-refractivity contribution in [2.24, 2.45) is 0 Å². The summed E-state index contributed by atoms with van der Waals surface area (Å²) in [6.07, 6.45) is 0. The normalized spacial score (nSPS) is 12.6. The van der Waals surface area contributed by atoms with E-state index in [1.807, 2.05) is 0 Å². The van der Waals surface area contributed by atoms with E-state index in [1.54, 1.807) is 6.92 Å². The molecule has 0 amide bonds. The van der Waals surface area contributed by atoms with Gasteiger partial charge in [-0.3, -0.25) is 0 Å². The monoisotopic (exact) mass is 142 g/mol. The maximum atomic E-state index is 7.92. The quantitative estimate of drug-likeness (QED) is 0.283. The second kappa shape index (κ2) is 4.93. The van der Waals surface area contributed by atoms with Crippen molar-refractivity contribution in [3.63, 3.8) is 0 Å². The van der Waals surface area contributed by atoms with Crippen molar-refractivity contribution < 1.29 is 24.6 Å². The number of hydrogen-bond donors (Lipinski definition) is 2. The molecular weight excluding hydrogens is 137 g/mol. The fraction of sp³-hybridized carbons (Fsp3) is 1.00. The zero-order valence-corrected chi connectivity index (χ0v) is 7.04. The van der Waals surface area contributed by atoms with E-state index in [4.69, 9.17) is 5.11 Å². The van der Waals surface area contributed by atoms with Crippen LogP contribution in [0.2, 0.25) is 0 Å². The van der Waals surface area contributed by atoms with E-state index < -0.39 is 5.44 Å². The van der Waals surface area contributed by atoms with Crippen LogP contribution in [0.4, 0.5) is 0 Å². The largest absolute Gasteiger partial charge is 0.383 e. The molecule has 3 heteroatoms. The molecule has 1 unspecified atom stereocenters. The van der Waals surface area contributed by atoms with Crippen molar-refractivity contribution in [3.8, 4) is 0 Å². The second-order valence-corrected chi connectivity index (χ2v) is 1.38. The zero-order valence-electron chi connectivity index (χ0n) is 3.18. The smallest absolute Gasteiger partial charge is 0.0936 e. The molecule has 1 atom stereocenters. The van der Waals surface area contributed by atoms with Crippen LogP contribution in [0.25, 0.3) is 0 Å². The van der Waals surface area contributed by atoms with E-state index >= 15 is 0 Å². The second-order valence-electron chi connectivity index (χ2n) is 0.632. The van der Waals surface area contributed by atoms with E-state index in [1.165, 1.54) is 0 Å². The Kier molecular flexibility index (Phi) is 9.21. The summed E-state index contributed by atoms with van der Waals surface area (Å²) in [4.78, 5) is 0. The van der Waals surface area contributed by atoms with Crippen LogP contribution in [0.1, 0.15) is 6.92 Å². The summed E-state index contributed by atoms with van der Waals surface area (Å²) in [5.41, 5.74) is -0.472. The molecule has 0 radical (unpaired) electrons. The molecule has 0 aliphatic carbocycles. The first-order chi connectivity index (χ1) is 1.73. The molecule has 0 aromatic rings. The predicted molar refractivity (Wildman–Crippen MR) is 20.7 cm³/mol. The van der Waals surface area contributed by atoms with Gasteiger partial charge in [0.2, 0.25) is 0 Å². The standard InChI is InChI=1S/C2H6OS.Zn/c1-2(3)4;/h2-4H,1H3;. The molecule has 5 heavy (non-hydrogen) atoms. The van der Waals surface area contributed by atoms with Crippen molar-refractivity contribution in [3.05, 3.63) is 0 Å². The van der Waals surface area contributed by atoms with Crippen molar-refractivity contribution in [1.82, 2.24) is 0 Å². The van der Waals surface area contributed by atoms with Gasteiger partial charge in [-0.15, -0.1) is 12.6 Å². The van der Waals surface area contributed by atoms with Crippen LogP contribution in [-0.2, 0) is 19.5 Å². The van der Waals surface area contributed by atoms with Crippen molar-refractivity contribution in [2.75, 3.05) is 0 Å². The summed E-state index contributed by atoms with van der Waals surface area (Å²) >= 11 is 3.52. The van der Waals surface area contributed by atoms with E-state index in [0.29, 0.717) is 0 Å². The molecule has 0 bridgehead atoms. The molecular formula is C2H6OSZn. The molecule has 0 saturated carbocycles. The van der Waals surface area contributed by atoms with Gasteiger partial charge in [0, 0.05) is 19.5 Å². The minimum absolute atomic E-state index is 0. The Morgan fingerprint density at radius 3 is 1.80 bits per heavy atom. The number of aliphatic hydroxyl groups excluding tert-OH is 1. The summed E-state index contributed by atoms with van der Waals surface area (Å²) in [6.45, 7) is 1.59. The predicted octanol–water partition coefficient (Wildman–Crippen LogP) is 0.252. The van der Waals surface area contributed by atoms with Crippen molar-refractivity contribution in [2.45, 2.75) is 12.4 Å². The third-order valence-electron chi connectivity index (χ3n) is 0. The third-order valence-corrected chi connectivity index (χ3v) is 0. The maximum Gasteiger partial charge on any atom is 0.0936 e. The summed E-state index contributed by atoms with van der Waals surface area (Å²) in [5, 5.41) is 7.92. The molecule has 1 nitrogen and oxygen atoms in total. The first-order valence-corrected chi connectivity index (χ1v) is 1.61. The van der Waals surface area contributed by atoms with Gasteiger partial charge < -0.3 is 5.11 Å². The summed E-state index contributed by atoms with van der Waals surface area (Å²) < 4.78 is 0. The Morgan fingerprint density at radius 2 is 1.80 bits per heavy atom. The van der Waals surface area contributed by atoms with E-state index in [0.717, 1.165) is 0 Å². The summed E-state index contributed by atoms with van der Waals surface area (Å²) in [7, 11) is 0. The molecule has 0 rings (SSSR count). The van der Waals surface area contributed by atoms with Crippen molar-refractivity contribution >= 4 is 12.6 Å². The van der Waals surface area contributed by atoms with Crippen LogP contribution in [0.5, 0.6) is 0 Å². The molecule has 0 aromatic carbocycles. The van der Waals surface area contributed by atoms with Gasteiger partial charge in [-0.25, -0.2) is 0 Å². The minimum atomic E-state index is -0.472. The molecule has 0 saturated heterocycles. The Morgan fingerprint density at radius 1 is 1.80 bits per heavy atom. The third kappa shape index (κ3) is 48.7. The van der Waals surface area contributed by atoms with E-state index in [-0.39, 0.29) is 19.5 Å². The average Bonchev–Trinajstić information content (AvgIpc) is 0.811. The number of thiol groups is 1. The van der Waals surface area contributed by atoms with Gasteiger partial charge in [-0.2, -0.15) is 0 Å². The first-order valence-electron chi connectivity index (χ1n) is 1.09. The van der Waals surface area contributed by atoms with Crippen LogP contribution in [0, 0.1) is 0 Å². The summed E-state index contributed by atoms with van der Waals surface area (Å²) in [5.74, 6) is 0. The van der Waals surface area contributed by atoms with E-state index in [2.05, 4.69) is 12.6 Å². The van der Waals surface area contributed by atoms with E-state index in [9.17, 15) is 0 Å². The van der Waals surface area contributed by atoms with Gasteiger partial charge in [-0.05, 0) is 6.92 Å². The van der Waals surface area contributed by atoms with Gasteiger partial charge in [-0.1, -0.05) is 0 Å². The fourth-order valence-electron chi connectivity index (χ4n) is 0. The number of hydrogen-bond acceptors (Lipinski definition) is 2. The Bertz CT molecular complexity index is 14.4. The van der Waals surface area contributed by atoms with Gasteiger partial charge in [0.1, 0.15) is 0 Å². The zero-order chi connectivity index (χ0) is 3.58. The van der Waals surface area contributed by atoms with Gasteiger partial charge >= 0.3 is 0 Å². The first kappa shape index (κ1) is 9.33. The van der Waals surface area contributed by atoms with Gasteiger partial charge in [0.05, 0.1) is 5.44 Å². The Hall–Kier alpha value is 0.933. The van der Waals surface area contributed by atoms with Crippen LogP contribution >= 0.6 is 12.6 Å². The molecule has 0 aromatic heterocycles. The van der Waals surface area contributed by atoms with Crippen LogP contribution in [0.3, 0.4) is 0 Å². The minimum Gasteiger partial charge on any atom is -0.383 e. The number of rotatable bonds is 0. The number of aliphatic hydroxyl groups is 1. The molecule has 0 fully saturated rings. The summed E-state index contributed by atoms with van der Waals surface area (Å²) in [6, 6.07) is 0. The Balaban J connectivity index is 0. The van der Waals surface area contributed by atoms with Crippen LogP contribution in [0.15, 0.2) is 0 Å². The maximum absolute atomic E-state index is 7.92. The van der Waals surface area contributed by atoms with Crippen LogP contribution < -0.4 is 0 Å². The van der Waals surface area contributed by atoms with Crippen LogP contribution in [-0.4, -0.2) is 10.5 Å². The molecule has 0 aliphatic heterocycles. The molecule has 28 valence electrons.